The lowest BCUT2D eigenvalue weighted by molar-refractivity contribution is 0.0708. The number of hydrogen-bond donors (Lipinski definition) is 1. The molecule has 3 heterocycles. The normalized spacial score (nSPS) is 18.2. The predicted molar refractivity (Wildman–Crippen MR) is 111 cm³/mol. The molecule has 2 amide bonds. The molecule has 0 bridgehead atoms. The third-order valence-electron chi connectivity index (χ3n) is 5.20. The van der Waals surface area contributed by atoms with Crippen LogP contribution < -0.4 is 5.32 Å². The van der Waals surface area contributed by atoms with Crippen molar-refractivity contribution in [2.75, 3.05) is 6.54 Å². The second-order valence-corrected chi connectivity index (χ2v) is 7.60. The van der Waals surface area contributed by atoms with Crippen LogP contribution in [0.4, 0.5) is 4.39 Å². The predicted octanol–water partition coefficient (Wildman–Crippen LogP) is 2.16. The number of aryl methyl sites for hydroxylation is 1. The highest BCUT2D eigenvalue weighted by atomic mass is 19.1. The number of benzene rings is 1. The molecule has 1 saturated heterocycles. The number of rotatable bonds is 6. The number of halogens is 1. The summed E-state index contributed by atoms with van der Waals surface area (Å²) >= 11 is 0. The van der Waals surface area contributed by atoms with Crippen LogP contribution in [-0.2, 0) is 13.1 Å². The lowest BCUT2D eigenvalue weighted by atomic mass is 10.2. The highest BCUT2D eigenvalue weighted by molar-refractivity contribution is 5.93. The maximum absolute atomic E-state index is 14.2. The van der Waals surface area contributed by atoms with E-state index in [9.17, 15) is 14.0 Å². The maximum atomic E-state index is 14.2. The van der Waals surface area contributed by atoms with Crippen LogP contribution in [-0.4, -0.2) is 55.5 Å². The minimum atomic E-state index is -1.11. The lowest BCUT2D eigenvalue weighted by Crippen LogP contribution is -2.38. The first-order valence-electron chi connectivity index (χ1n) is 10.1. The Labute approximate surface area is 179 Å². The molecular weight excluding hydrogens is 399 g/mol. The van der Waals surface area contributed by atoms with Crippen molar-refractivity contribution in [1.29, 1.82) is 0 Å². The average Bonchev–Trinajstić information content (AvgIpc) is 3.39. The van der Waals surface area contributed by atoms with Crippen LogP contribution in [0.3, 0.4) is 0 Å². The Morgan fingerprint density at radius 2 is 1.94 bits per heavy atom. The first-order valence-corrected chi connectivity index (χ1v) is 10.1. The van der Waals surface area contributed by atoms with Gasteiger partial charge < -0.3 is 10.2 Å². The van der Waals surface area contributed by atoms with Gasteiger partial charge in [-0.15, -0.1) is 5.10 Å². The molecule has 2 atom stereocenters. The summed E-state index contributed by atoms with van der Waals surface area (Å²) in [5, 5.41) is 10.7. The van der Waals surface area contributed by atoms with E-state index in [2.05, 4.69) is 20.6 Å². The van der Waals surface area contributed by atoms with Gasteiger partial charge in [0.25, 0.3) is 11.8 Å². The fourth-order valence-electron chi connectivity index (χ4n) is 3.67. The molecule has 1 aliphatic rings. The fourth-order valence-corrected chi connectivity index (χ4v) is 3.67. The van der Waals surface area contributed by atoms with E-state index in [1.54, 1.807) is 25.1 Å². The largest absolute Gasteiger partial charge is 0.347 e. The minimum absolute atomic E-state index is 0.0121. The summed E-state index contributed by atoms with van der Waals surface area (Å²) in [5.41, 5.74) is 2.16. The molecule has 0 unspecified atom stereocenters. The van der Waals surface area contributed by atoms with E-state index in [4.69, 9.17) is 0 Å². The topological polar surface area (TPSA) is 93.0 Å². The zero-order valence-corrected chi connectivity index (χ0v) is 17.1. The number of nitrogens with one attached hydrogen (secondary N) is 1. The van der Waals surface area contributed by atoms with Crippen molar-refractivity contribution in [1.82, 2.24) is 30.2 Å². The molecule has 1 N–H and O–H groups in total. The molecule has 1 aliphatic heterocycles. The summed E-state index contributed by atoms with van der Waals surface area (Å²) in [6.07, 6.45) is 0.600. The second kappa shape index (κ2) is 9.03. The van der Waals surface area contributed by atoms with E-state index in [0.29, 0.717) is 12.2 Å². The molecule has 0 saturated carbocycles. The lowest BCUT2D eigenvalue weighted by Gasteiger charge is -2.23. The molecule has 31 heavy (non-hydrogen) atoms. The van der Waals surface area contributed by atoms with Crippen molar-refractivity contribution in [2.24, 2.45) is 0 Å². The second-order valence-electron chi connectivity index (χ2n) is 7.60. The number of likely N-dealkylation sites (tertiary alicyclic amines) is 1. The highest BCUT2D eigenvalue weighted by Crippen LogP contribution is 2.23. The van der Waals surface area contributed by atoms with Gasteiger partial charge in [-0.2, -0.15) is 0 Å². The van der Waals surface area contributed by atoms with Gasteiger partial charge in [-0.05, 0) is 24.6 Å². The molecule has 4 rings (SSSR count). The van der Waals surface area contributed by atoms with Gasteiger partial charge in [0.2, 0.25) is 0 Å². The molecule has 0 aliphatic carbocycles. The van der Waals surface area contributed by atoms with E-state index in [1.165, 1.54) is 15.8 Å². The zero-order valence-electron chi connectivity index (χ0n) is 17.1. The van der Waals surface area contributed by atoms with E-state index < -0.39 is 12.2 Å². The Hall–Kier alpha value is -3.62. The third kappa shape index (κ3) is 4.93. The Morgan fingerprint density at radius 3 is 2.71 bits per heavy atom. The Morgan fingerprint density at radius 1 is 1.13 bits per heavy atom. The molecule has 2 aromatic heterocycles. The minimum Gasteiger partial charge on any atom is -0.347 e. The SMILES string of the molecule is Cc1cccc(C(=O)N2C[C@@H](F)C[C@H]2Cn2cc(C(=O)NCc3ccccc3)nn2)n1. The van der Waals surface area contributed by atoms with E-state index >= 15 is 0 Å². The summed E-state index contributed by atoms with van der Waals surface area (Å²) in [5.74, 6) is -0.656. The van der Waals surface area contributed by atoms with Gasteiger partial charge in [0.15, 0.2) is 5.69 Å². The summed E-state index contributed by atoms with van der Waals surface area (Å²) in [6.45, 7) is 2.44. The Balaban J connectivity index is 1.40. The fraction of sp³-hybridized carbons (Fsp3) is 0.318. The van der Waals surface area contributed by atoms with Crippen LogP contribution >= 0.6 is 0 Å². The van der Waals surface area contributed by atoms with Gasteiger partial charge in [-0.3, -0.25) is 9.59 Å². The van der Waals surface area contributed by atoms with Crippen molar-refractivity contribution >= 4 is 11.8 Å². The van der Waals surface area contributed by atoms with Crippen LogP contribution in [0.15, 0.2) is 54.7 Å². The van der Waals surface area contributed by atoms with Crippen molar-refractivity contribution in [3.63, 3.8) is 0 Å². The number of alkyl halides is 1. The average molecular weight is 422 g/mol. The van der Waals surface area contributed by atoms with Crippen LogP contribution in [0.25, 0.3) is 0 Å². The molecule has 0 radical (unpaired) electrons. The van der Waals surface area contributed by atoms with Crippen molar-refractivity contribution < 1.29 is 14.0 Å². The summed E-state index contributed by atoms with van der Waals surface area (Å²) in [4.78, 5) is 31.0. The van der Waals surface area contributed by atoms with Gasteiger partial charge in [0.05, 0.1) is 25.3 Å². The van der Waals surface area contributed by atoms with Gasteiger partial charge in [-0.25, -0.2) is 14.1 Å². The molecule has 1 fully saturated rings. The van der Waals surface area contributed by atoms with Crippen molar-refractivity contribution in [3.05, 3.63) is 77.4 Å². The monoisotopic (exact) mass is 422 g/mol. The van der Waals surface area contributed by atoms with Gasteiger partial charge >= 0.3 is 0 Å². The number of nitrogens with zero attached hydrogens (tertiary/aromatic N) is 5. The number of hydrogen-bond acceptors (Lipinski definition) is 5. The molecule has 0 spiro atoms. The van der Waals surface area contributed by atoms with Crippen molar-refractivity contribution in [3.8, 4) is 0 Å². The molecule has 3 aromatic rings. The summed E-state index contributed by atoms with van der Waals surface area (Å²) in [7, 11) is 0. The van der Waals surface area contributed by atoms with Gasteiger partial charge in [-0.1, -0.05) is 41.6 Å². The van der Waals surface area contributed by atoms with Crippen LogP contribution in [0.2, 0.25) is 0 Å². The molecule has 9 heteroatoms. The van der Waals surface area contributed by atoms with E-state index in [1.807, 2.05) is 30.3 Å². The summed E-state index contributed by atoms with van der Waals surface area (Å²) in [6, 6.07) is 14.3. The molecule has 8 nitrogen and oxygen atoms in total. The van der Waals surface area contributed by atoms with Gasteiger partial charge in [0, 0.05) is 18.7 Å². The van der Waals surface area contributed by atoms with E-state index in [-0.39, 0.29) is 37.0 Å². The number of carbonyl (C=O) groups is 2. The number of aromatic nitrogens is 4. The van der Waals surface area contributed by atoms with Crippen molar-refractivity contribution in [2.45, 2.75) is 38.6 Å². The summed E-state index contributed by atoms with van der Waals surface area (Å²) < 4.78 is 15.6. The molecule has 1 aromatic carbocycles. The third-order valence-corrected chi connectivity index (χ3v) is 5.20. The van der Waals surface area contributed by atoms with E-state index in [0.717, 1.165) is 11.3 Å². The molecular formula is C22H23FN6O2. The number of amides is 2. The quantitative estimate of drug-likeness (QED) is 0.657. The number of pyridine rings is 1. The van der Waals surface area contributed by atoms with Gasteiger partial charge in [0.1, 0.15) is 11.9 Å². The number of carbonyl (C=O) groups excluding carboxylic acids is 2. The highest BCUT2D eigenvalue weighted by Gasteiger charge is 2.36. The Kier molecular flexibility index (Phi) is 6.01. The van der Waals surface area contributed by atoms with Crippen LogP contribution in [0, 0.1) is 6.92 Å². The zero-order chi connectivity index (χ0) is 21.8. The first-order chi connectivity index (χ1) is 15.0. The smallest absolute Gasteiger partial charge is 0.273 e. The maximum Gasteiger partial charge on any atom is 0.273 e. The van der Waals surface area contributed by atoms with Crippen LogP contribution in [0.1, 0.15) is 38.7 Å². The Bertz CT molecular complexity index is 1070. The van der Waals surface area contributed by atoms with Crippen LogP contribution in [0.5, 0.6) is 0 Å². The standard InChI is InChI=1S/C22H23FN6O2/c1-15-6-5-9-19(25-15)22(31)29-12-17(23)10-18(29)13-28-14-20(26-27-28)21(30)24-11-16-7-3-2-4-8-16/h2-9,14,17-18H,10-13H2,1H3,(H,24,30)/t17-,18-/m0/s1. The first kappa shape index (κ1) is 20.6. The molecule has 160 valence electrons.